The topological polar surface area (TPSA) is 34.1 Å². The van der Waals surface area contributed by atoms with Crippen molar-refractivity contribution in [1.29, 1.82) is 0 Å². The SMILES string of the molecule is C=C(c1ccc(C(F)(C(F)(F)F)C(F)(F)F)cc1)S(=O)(=O)c1cccc(Br)c1. The van der Waals surface area contributed by atoms with Crippen molar-refractivity contribution in [3.8, 4) is 0 Å². The summed E-state index contributed by atoms with van der Waals surface area (Å²) in [5.41, 5.74) is -7.59. The number of hydrogen-bond acceptors (Lipinski definition) is 2. The van der Waals surface area contributed by atoms with Crippen LogP contribution >= 0.6 is 15.9 Å². The van der Waals surface area contributed by atoms with Gasteiger partial charge in [0.05, 0.1) is 9.80 Å². The summed E-state index contributed by atoms with van der Waals surface area (Å²) in [5.74, 6) is 0. The highest BCUT2D eigenvalue weighted by Gasteiger charge is 2.73. The Balaban J connectivity index is 2.48. The largest absolute Gasteiger partial charge is 0.435 e. The minimum atomic E-state index is -6.26. The van der Waals surface area contributed by atoms with Gasteiger partial charge in [0.1, 0.15) is 0 Å². The summed E-state index contributed by atoms with van der Waals surface area (Å²) in [7, 11) is -4.18. The van der Waals surface area contributed by atoms with Crippen LogP contribution in [0.5, 0.6) is 0 Å². The van der Waals surface area contributed by atoms with Gasteiger partial charge in [0.15, 0.2) is 0 Å². The molecule has 0 aromatic heterocycles. The average molecular weight is 491 g/mol. The Labute approximate surface area is 163 Å². The second-order valence-corrected chi connectivity index (χ2v) is 8.50. The molecule has 0 aliphatic rings. The monoisotopic (exact) mass is 490 g/mol. The van der Waals surface area contributed by atoms with Crippen LogP contribution in [0.2, 0.25) is 0 Å². The lowest BCUT2D eigenvalue weighted by Gasteiger charge is -2.30. The zero-order valence-corrected chi connectivity index (χ0v) is 16.0. The van der Waals surface area contributed by atoms with Crippen LogP contribution in [0.15, 0.2) is 64.5 Å². The molecule has 0 amide bonds. The van der Waals surface area contributed by atoms with Crippen molar-refractivity contribution in [2.45, 2.75) is 22.9 Å². The Morgan fingerprint density at radius 3 is 1.79 bits per heavy atom. The van der Waals surface area contributed by atoms with Crippen molar-refractivity contribution in [2.75, 3.05) is 0 Å². The highest BCUT2D eigenvalue weighted by Crippen LogP contribution is 2.53. The Bertz CT molecular complexity index is 979. The van der Waals surface area contributed by atoms with Crippen molar-refractivity contribution in [1.82, 2.24) is 0 Å². The van der Waals surface area contributed by atoms with E-state index in [0.717, 1.165) is 0 Å². The number of benzene rings is 2. The van der Waals surface area contributed by atoms with Gasteiger partial charge in [-0.05, 0) is 23.8 Å². The fourth-order valence-corrected chi connectivity index (χ4v) is 4.13. The number of hydrogen-bond donors (Lipinski definition) is 0. The molecule has 0 unspecified atom stereocenters. The van der Waals surface area contributed by atoms with E-state index in [1.165, 1.54) is 18.2 Å². The normalized spacial score (nSPS) is 13.4. The van der Waals surface area contributed by atoms with Crippen molar-refractivity contribution in [3.63, 3.8) is 0 Å². The zero-order chi connectivity index (χ0) is 21.5. The maximum absolute atomic E-state index is 14.0. The third kappa shape index (κ3) is 3.82. The smallest absolute Gasteiger partial charge is 0.219 e. The number of alkyl halides is 7. The minimum absolute atomic E-state index is 0.193. The molecule has 0 saturated heterocycles. The Kier molecular flexibility index (Phi) is 5.75. The van der Waals surface area contributed by atoms with Crippen LogP contribution < -0.4 is 0 Å². The molecule has 2 nitrogen and oxygen atoms in total. The van der Waals surface area contributed by atoms with E-state index in [1.807, 2.05) is 0 Å². The van der Waals surface area contributed by atoms with Gasteiger partial charge in [-0.25, -0.2) is 12.8 Å². The van der Waals surface area contributed by atoms with E-state index < -0.39 is 38.3 Å². The summed E-state index contributed by atoms with van der Waals surface area (Å²) in [6.45, 7) is 3.35. The van der Waals surface area contributed by atoms with Crippen LogP contribution in [0.25, 0.3) is 4.91 Å². The first kappa shape index (κ1) is 22.4. The highest BCUT2D eigenvalue weighted by atomic mass is 79.9. The van der Waals surface area contributed by atoms with E-state index in [0.29, 0.717) is 16.6 Å². The summed E-state index contributed by atoms with van der Waals surface area (Å²) < 4.78 is 116. The number of sulfone groups is 1. The van der Waals surface area contributed by atoms with Gasteiger partial charge in [-0.2, -0.15) is 26.3 Å². The Hall–Kier alpha value is -1.88. The molecule has 152 valence electrons. The molecule has 11 heteroatoms. The lowest BCUT2D eigenvalue weighted by molar-refractivity contribution is -0.348. The predicted molar refractivity (Wildman–Crippen MR) is 91.7 cm³/mol. The molecule has 0 heterocycles. The predicted octanol–water partition coefficient (Wildman–Crippen LogP) is 6.18. The van der Waals surface area contributed by atoms with E-state index >= 15 is 0 Å². The maximum Gasteiger partial charge on any atom is 0.435 e. The van der Waals surface area contributed by atoms with Crippen LogP contribution in [0.4, 0.5) is 30.7 Å². The van der Waals surface area contributed by atoms with Crippen LogP contribution in [0.1, 0.15) is 11.1 Å². The van der Waals surface area contributed by atoms with Crippen LogP contribution in [0, 0.1) is 0 Å². The molecule has 2 aromatic carbocycles. The first-order valence-electron chi connectivity index (χ1n) is 7.25. The van der Waals surface area contributed by atoms with Crippen molar-refractivity contribution >= 4 is 30.7 Å². The van der Waals surface area contributed by atoms with E-state index in [-0.39, 0.29) is 22.6 Å². The molecule has 0 saturated carbocycles. The third-order valence-electron chi connectivity index (χ3n) is 3.82. The van der Waals surface area contributed by atoms with E-state index in [4.69, 9.17) is 0 Å². The molecule has 0 radical (unpaired) electrons. The number of rotatable bonds is 4. The average Bonchev–Trinajstić information content (AvgIpc) is 2.58. The zero-order valence-electron chi connectivity index (χ0n) is 13.6. The molecule has 2 aromatic rings. The molecule has 2 rings (SSSR count). The standard InChI is InChI=1S/C17H10BrF7O2S/c1-10(28(26,27)14-4-2-3-13(18)9-14)11-5-7-12(8-6-11)15(19,16(20,21)22)17(23,24)25/h2-9H,1H2. The molecule has 0 N–H and O–H groups in total. The third-order valence-corrected chi connectivity index (χ3v) is 6.07. The summed E-state index contributed by atoms with van der Waals surface area (Å²) in [6.07, 6.45) is -12.5. The lowest BCUT2D eigenvalue weighted by atomic mass is 9.93. The summed E-state index contributed by atoms with van der Waals surface area (Å²) in [4.78, 5) is -0.762. The molecule has 0 bridgehead atoms. The van der Waals surface area contributed by atoms with Gasteiger partial charge in [0, 0.05) is 10.0 Å². The molecular formula is C17H10BrF7O2S. The van der Waals surface area contributed by atoms with Gasteiger partial charge >= 0.3 is 18.0 Å². The molecule has 0 fully saturated rings. The summed E-state index contributed by atoms with van der Waals surface area (Å²) in [5, 5.41) is 0. The van der Waals surface area contributed by atoms with Gasteiger partial charge in [0.2, 0.25) is 9.84 Å². The van der Waals surface area contributed by atoms with Crippen LogP contribution in [0.3, 0.4) is 0 Å². The highest BCUT2D eigenvalue weighted by molar-refractivity contribution is 9.10. The fraction of sp³-hybridized carbons (Fsp3) is 0.176. The van der Waals surface area contributed by atoms with Gasteiger partial charge in [0.25, 0.3) is 0 Å². The van der Waals surface area contributed by atoms with Crippen LogP contribution in [-0.4, -0.2) is 20.8 Å². The Morgan fingerprint density at radius 2 is 1.36 bits per heavy atom. The molecule has 0 spiro atoms. The van der Waals surface area contributed by atoms with Gasteiger partial charge in [-0.1, -0.05) is 52.8 Å². The Morgan fingerprint density at radius 1 is 0.857 bits per heavy atom. The second kappa shape index (κ2) is 7.18. The lowest BCUT2D eigenvalue weighted by Crippen LogP contribution is -2.50. The summed E-state index contributed by atoms with van der Waals surface area (Å²) in [6, 6.07) is 7.19. The van der Waals surface area contributed by atoms with Gasteiger partial charge < -0.3 is 0 Å². The van der Waals surface area contributed by atoms with Crippen molar-refractivity contribution < 1.29 is 39.2 Å². The quantitative estimate of drug-likeness (QED) is 0.479. The molecular weight excluding hydrogens is 481 g/mol. The van der Waals surface area contributed by atoms with Gasteiger partial charge in [-0.3, -0.25) is 0 Å². The fourth-order valence-electron chi connectivity index (χ4n) is 2.31. The van der Waals surface area contributed by atoms with E-state index in [9.17, 15) is 39.2 Å². The van der Waals surface area contributed by atoms with Crippen molar-refractivity contribution in [2.24, 2.45) is 0 Å². The molecule has 0 aliphatic carbocycles. The number of halogens is 8. The molecule has 28 heavy (non-hydrogen) atoms. The maximum atomic E-state index is 14.0. The van der Waals surface area contributed by atoms with Gasteiger partial charge in [-0.15, -0.1) is 0 Å². The first-order valence-corrected chi connectivity index (χ1v) is 9.53. The molecule has 0 atom stereocenters. The summed E-state index contributed by atoms with van der Waals surface area (Å²) >= 11 is 3.08. The first-order chi connectivity index (χ1) is 12.6. The van der Waals surface area contributed by atoms with E-state index in [1.54, 1.807) is 6.07 Å². The van der Waals surface area contributed by atoms with E-state index in [2.05, 4.69) is 22.5 Å². The minimum Gasteiger partial charge on any atom is -0.219 e. The van der Waals surface area contributed by atoms with Crippen molar-refractivity contribution in [3.05, 3.63) is 70.7 Å². The van der Waals surface area contributed by atoms with Crippen LogP contribution in [-0.2, 0) is 15.5 Å². The molecule has 0 aliphatic heterocycles. The second-order valence-electron chi connectivity index (χ2n) is 5.62.